The molecule has 0 amide bonds. The summed E-state index contributed by atoms with van der Waals surface area (Å²) in [6.07, 6.45) is -4.98. The zero-order chi connectivity index (χ0) is 14.8. The van der Waals surface area contributed by atoms with Crippen molar-refractivity contribution in [1.82, 2.24) is 0 Å². The van der Waals surface area contributed by atoms with Crippen molar-refractivity contribution >= 4 is 16.0 Å². The van der Waals surface area contributed by atoms with Crippen molar-refractivity contribution in [2.75, 3.05) is 7.11 Å². The number of benzene rings is 1. The number of methoxy groups -OCH3 is 1. The van der Waals surface area contributed by atoms with Gasteiger partial charge in [-0.2, -0.15) is 0 Å². The maximum Gasteiger partial charge on any atom is 1.00 e. The molecule has 0 atom stereocenters. The minimum Gasteiger partial charge on any atom is -1.00 e. The molecule has 1 rings (SSSR count). The monoisotopic (exact) mass is 307 g/mol. The zero-order valence-corrected chi connectivity index (χ0v) is 11.2. The van der Waals surface area contributed by atoms with Crippen molar-refractivity contribution in [1.29, 1.82) is 0 Å². The Bertz CT molecular complexity index is 608. The van der Waals surface area contributed by atoms with E-state index < -0.39 is 38.6 Å². The van der Waals surface area contributed by atoms with Gasteiger partial charge in [0.1, 0.15) is 5.75 Å². The number of hydrogen-bond donors (Lipinski definition) is 1. The second-order valence-electron chi connectivity index (χ2n) is 3.24. The number of primary sulfonamides is 1. The topological polar surface area (TPSA) is 95.7 Å². The van der Waals surface area contributed by atoms with Crippen LogP contribution in [0.4, 0.5) is 13.2 Å². The number of carbonyl (C=O) groups is 1. The number of esters is 1. The van der Waals surface area contributed by atoms with Gasteiger partial charge in [0.25, 0.3) is 0 Å². The quantitative estimate of drug-likeness (QED) is 0.522. The second-order valence-corrected chi connectivity index (χ2v) is 4.77. The first-order valence-electron chi connectivity index (χ1n) is 4.55. The van der Waals surface area contributed by atoms with Gasteiger partial charge in [-0.15, -0.1) is 13.2 Å². The van der Waals surface area contributed by atoms with Gasteiger partial charge in [-0.05, 0) is 18.2 Å². The smallest absolute Gasteiger partial charge is 1.00 e. The largest absolute Gasteiger partial charge is 1.00 e. The zero-order valence-electron chi connectivity index (χ0n) is 11.4. The third-order valence-corrected chi connectivity index (χ3v) is 2.87. The molecule has 1 aromatic rings. The Balaban J connectivity index is 0. The average Bonchev–Trinajstić information content (AvgIpc) is 2.24. The molecule has 1 aromatic carbocycles. The Hall–Kier alpha value is -1.21. The molecule has 0 aromatic heterocycles. The van der Waals surface area contributed by atoms with E-state index in [-0.39, 0.29) is 20.3 Å². The fourth-order valence-corrected chi connectivity index (χ4v) is 1.93. The van der Waals surface area contributed by atoms with Crippen molar-refractivity contribution in [3.05, 3.63) is 23.8 Å². The molecular weight excluding hydrogens is 298 g/mol. The molecule has 0 saturated carbocycles. The van der Waals surface area contributed by atoms with E-state index in [1.807, 2.05) is 0 Å². The average molecular weight is 307 g/mol. The first kappa shape index (κ1) is 18.8. The van der Waals surface area contributed by atoms with Gasteiger partial charge in [-0.1, -0.05) is 0 Å². The summed E-state index contributed by atoms with van der Waals surface area (Å²) in [6, 6.07) is 2.03. The molecule has 6 nitrogen and oxygen atoms in total. The number of ether oxygens (including phenoxy) is 2. The van der Waals surface area contributed by atoms with Crippen LogP contribution in [0.25, 0.3) is 0 Å². The van der Waals surface area contributed by atoms with E-state index in [4.69, 9.17) is 5.14 Å². The molecule has 0 saturated heterocycles. The van der Waals surface area contributed by atoms with Crippen LogP contribution < -0.4 is 28.7 Å². The normalized spacial score (nSPS) is 11.4. The minimum atomic E-state index is -4.98. The molecule has 0 aliphatic carbocycles. The van der Waals surface area contributed by atoms with Gasteiger partial charge in [-0.25, -0.2) is 18.4 Å². The summed E-state index contributed by atoms with van der Waals surface area (Å²) in [5.41, 5.74) is -0.647. The van der Waals surface area contributed by atoms with Gasteiger partial charge in [0, 0.05) is 0 Å². The van der Waals surface area contributed by atoms with Crippen LogP contribution in [0.3, 0.4) is 0 Å². The van der Waals surface area contributed by atoms with E-state index in [9.17, 15) is 26.4 Å². The fourth-order valence-electron chi connectivity index (χ4n) is 1.22. The van der Waals surface area contributed by atoms with Crippen LogP contribution in [0, 0.1) is 0 Å². The van der Waals surface area contributed by atoms with Gasteiger partial charge in [0.2, 0.25) is 10.0 Å². The minimum absolute atomic E-state index is 0. The van der Waals surface area contributed by atoms with Gasteiger partial charge in [-0.3, -0.25) is 0 Å². The molecule has 0 fully saturated rings. The second kappa shape index (κ2) is 6.49. The van der Waals surface area contributed by atoms with Crippen molar-refractivity contribution < 1.29 is 56.1 Å². The standard InChI is InChI=1S/C9H8F3NO5S.Li.H/c1-17-8(14)6-4-5(18-9(10,11)12)2-3-7(6)19(13,15)16;;/h2-4H,1H3,(H2,13,15,16);;/q;+1;-1. The molecule has 2 N–H and O–H groups in total. The van der Waals surface area contributed by atoms with Crippen LogP contribution in [0.5, 0.6) is 5.75 Å². The van der Waals surface area contributed by atoms with Crippen LogP contribution >= 0.6 is 0 Å². The van der Waals surface area contributed by atoms with E-state index in [2.05, 4.69) is 9.47 Å². The predicted octanol–water partition coefficient (Wildman–Crippen LogP) is -1.86. The number of rotatable bonds is 3. The van der Waals surface area contributed by atoms with E-state index in [1.54, 1.807) is 0 Å². The third kappa shape index (κ3) is 5.05. The van der Waals surface area contributed by atoms with Crippen molar-refractivity contribution in [3.8, 4) is 5.75 Å². The van der Waals surface area contributed by atoms with E-state index in [0.29, 0.717) is 6.07 Å². The molecule has 20 heavy (non-hydrogen) atoms. The first-order valence-corrected chi connectivity index (χ1v) is 6.10. The summed E-state index contributed by atoms with van der Waals surface area (Å²) in [4.78, 5) is 10.7. The Morgan fingerprint density at radius 3 is 2.30 bits per heavy atom. The molecular formula is C9H9F3LiNO5S. The first-order chi connectivity index (χ1) is 8.54. The number of carbonyl (C=O) groups excluding carboxylic acids is 1. The van der Waals surface area contributed by atoms with E-state index in [0.717, 1.165) is 19.2 Å². The van der Waals surface area contributed by atoms with Crippen molar-refractivity contribution in [3.63, 3.8) is 0 Å². The Morgan fingerprint density at radius 2 is 1.90 bits per heavy atom. The number of sulfonamides is 1. The maximum absolute atomic E-state index is 12.0. The van der Waals surface area contributed by atoms with Gasteiger partial charge in [0.05, 0.1) is 17.6 Å². The molecule has 0 spiro atoms. The summed E-state index contributed by atoms with van der Waals surface area (Å²) < 4.78 is 66.2. The van der Waals surface area contributed by atoms with Crippen LogP contribution in [0.2, 0.25) is 0 Å². The van der Waals surface area contributed by atoms with Gasteiger partial charge >= 0.3 is 31.2 Å². The van der Waals surface area contributed by atoms with Crippen LogP contribution in [-0.4, -0.2) is 27.9 Å². The summed E-state index contributed by atoms with van der Waals surface area (Å²) in [5, 5.41) is 4.83. The van der Waals surface area contributed by atoms with E-state index in [1.165, 1.54) is 0 Å². The SMILES string of the molecule is COC(=O)c1cc(OC(F)(F)F)ccc1S(N)(=O)=O.[H-].[Li+]. The van der Waals surface area contributed by atoms with Crippen LogP contribution in [-0.2, 0) is 14.8 Å². The molecule has 0 unspecified atom stereocenters. The number of hydrogen-bond acceptors (Lipinski definition) is 5. The summed E-state index contributed by atoms with van der Waals surface area (Å²) in [7, 11) is -3.35. The third-order valence-electron chi connectivity index (χ3n) is 1.90. The number of alkyl halides is 3. The Kier molecular flexibility index (Phi) is 6.10. The summed E-state index contributed by atoms with van der Waals surface area (Å²) in [5.74, 6) is -1.92. The summed E-state index contributed by atoms with van der Waals surface area (Å²) in [6.45, 7) is 0. The molecule has 0 aliphatic heterocycles. The maximum atomic E-state index is 12.0. The molecule has 0 radical (unpaired) electrons. The fraction of sp³-hybridized carbons (Fsp3) is 0.222. The van der Waals surface area contributed by atoms with Crippen LogP contribution in [0.15, 0.2) is 23.1 Å². The molecule has 0 heterocycles. The Labute approximate surface area is 125 Å². The molecule has 0 bridgehead atoms. The van der Waals surface area contributed by atoms with Crippen molar-refractivity contribution in [2.24, 2.45) is 5.14 Å². The molecule has 108 valence electrons. The van der Waals surface area contributed by atoms with E-state index >= 15 is 0 Å². The van der Waals surface area contributed by atoms with Gasteiger partial charge in [0.15, 0.2) is 0 Å². The predicted molar refractivity (Wildman–Crippen MR) is 56.9 cm³/mol. The summed E-state index contributed by atoms with van der Waals surface area (Å²) >= 11 is 0. The molecule has 0 aliphatic rings. The Morgan fingerprint density at radius 1 is 1.35 bits per heavy atom. The number of nitrogens with two attached hydrogens (primary N) is 1. The van der Waals surface area contributed by atoms with Crippen molar-refractivity contribution in [2.45, 2.75) is 11.3 Å². The molecule has 11 heteroatoms. The number of halogens is 3. The van der Waals surface area contributed by atoms with Crippen LogP contribution in [0.1, 0.15) is 11.8 Å². The van der Waals surface area contributed by atoms with Gasteiger partial charge < -0.3 is 10.9 Å².